The van der Waals surface area contributed by atoms with Crippen LogP contribution in [0.5, 0.6) is 5.75 Å². The number of nitrogens with one attached hydrogen (secondary N) is 2. The van der Waals surface area contributed by atoms with Crippen LogP contribution in [0.4, 0.5) is 19.0 Å². The molecule has 2 aromatic rings. The number of rotatable bonds is 6. The second kappa shape index (κ2) is 9.15. The van der Waals surface area contributed by atoms with Gasteiger partial charge in [-0.1, -0.05) is 13.8 Å². The van der Waals surface area contributed by atoms with E-state index in [9.17, 15) is 22.8 Å². The third-order valence-corrected chi connectivity index (χ3v) is 4.26. The summed E-state index contributed by atoms with van der Waals surface area (Å²) in [4.78, 5) is 28.7. The Morgan fingerprint density at radius 1 is 1.07 bits per heavy atom. The van der Waals surface area contributed by atoms with E-state index < -0.39 is 18.3 Å². The largest absolute Gasteiger partial charge is 0.573 e. The molecule has 30 heavy (non-hydrogen) atoms. The standard InChI is InChI=1S/C21H24F3N3O3/c1-11(2)19(28)27-18-10-16(9-13(4)25-18)14(5)26-20(29)15-6-7-17(12(3)8-15)30-21(22,23)24/h6-11,14H,1-5H3,(H,26,29)(H,25,27,28). The van der Waals surface area contributed by atoms with E-state index in [0.29, 0.717) is 11.5 Å². The van der Waals surface area contributed by atoms with E-state index in [2.05, 4.69) is 20.4 Å². The minimum absolute atomic E-state index is 0.174. The monoisotopic (exact) mass is 423 g/mol. The fraction of sp³-hybridized carbons (Fsp3) is 0.381. The first-order valence-electron chi connectivity index (χ1n) is 9.32. The molecule has 1 unspecified atom stereocenters. The average molecular weight is 423 g/mol. The lowest BCUT2D eigenvalue weighted by Gasteiger charge is -2.17. The van der Waals surface area contributed by atoms with Crippen LogP contribution in [0.1, 0.15) is 54.0 Å². The molecular weight excluding hydrogens is 399 g/mol. The lowest BCUT2D eigenvalue weighted by atomic mass is 10.1. The Kier molecular flexibility index (Phi) is 7.07. The highest BCUT2D eigenvalue weighted by atomic mass is 19.4. The molecule has 6 nitrogen and oxygen atoms in total. The van der Waals surface area contributed by atoms with Gasteiger partial charge in [-0.2, -0.15) is 0 Å². The molecule has 0 saturated carbocycles. The molecule has 0 aliphatic carbocycles. The summed E-state index contributed by atoms with van der Waals surface area (Å²) in [5.41, 5.74) is 1.78. The summed E-state index contributed by atoms with van der Waals surface area (Å²) in [5.74, 6) is -0.809. The van der Waals surface area contributed by atoms with Crippen LogP contribution in [-0.4, -0.2) is 23.2 Å². The van der Waals surface area contributed by atoms with Crippen molar-refractivity contribution in [3.05, 3.63) is 52.7 Å². The van der Waals surface area contributed by atoms with Crippen LogP contribution in [0.25, 0.3) is 0 Å². The molecule has 2 rings (SSSR count). The Labute approximate surface area is 172 Å². The molecule has 2 amide bonds. The van der Waals surface area contributed by atoms with E-state index in [1.807, 2.05) is 0 Å². The smallest absolute Gasteiger partial charge is 0.406 e. The number of carbonyl (C=O) groups excluding carboxylic acids is 2. The molecule has 1 aromatic heterocycles. The number of hydrogen-bond acceptors (Lipinski definition) is 4. The molecule has 0 aliphatic rings. The molecule has 1 aromatic carbocycles. The molecule has 0 saturated heterocycles. The lowest BCUT2D eigenvalue weighted by molar-refractivity contribution is -0.274. The molecule has 2 N–H and O–H groups in total. The van der Waals surface area contributed by atoms with Gasteiger partial charge in [0.1, 0.15) is 11.6 Å². The van der Waals surface area contributed by atoms with Crippen molar-refractivity contribution in [1.82, 2.24) is 10.3 Å². The Bertz CT molecular complexity index is 943. The van der Waals surface area contributed by atoms with Gasteiger partial charge in [0.25, 0.3) is 5.91 Å². The van der Waals surface area contributed by atoms with Crippen molar-refractivity contribution in [3.8, 4) is 5.75 Å². The van der Waals surface area contributed by atoms with Gasteiger partial charge in [0, 0.05) is 17.2 Å². The van der Waals surface area contributed by atoms with Gasteiger partial charge in [0.2, 0.25) is 5.91 Å². The van der Waals surface area contributed by atoms with Crippen molar-refractivity contribution in [3.63, 3.8) is 0 Å². The molecule has 9 heteroatoms. The zero-order valence-electron chi connectivity index (χ0n) is 17.3. The fourth-order valence-corrected chi connectivity index (χ4v) is 2.67. The summed E-state index contributed by atoms with van der Waals surface area (Å²) in [5, 5.41) is 5.52. The Morgan fingerprint density at radius 2 is 1.73 bits per heavy atom. The Balaban J connectivity index is 2.15. The highest BCUT2D eigenvalue weighted by Crippen LogP contribution is 2.27. The molecule has 1 atom stereocenters. The van der Waals surface area contributed by atoms with Crippen LogP contribution in [0, 0.1) is 19.8 Å². The predicted octanol–water partition coefficient (Wildman–Crippen LogP) is 4.68. The number of amides is 2. The number of alkyl halides is 3. The summed E-state index contributed by atoms with van der Waals surface area (Å²) in [6.07, 6.45) is -4.80. The van der Waals surface area contributed by atoms with E-state index in [4.69, 9.17) is 0 Å². The van der Waals surface area contributed by atoms with Crippen molar-refractivity contribution in [2.75, 3.05) is 5.32 Å². The van der Waals surface area contributed by atoms with Crippen LogP contribution >= 0.6 is 0 Å². The molecule has 1 heterocycles. The predicted molar refractivity (Wildman–Crippen MR) is 106 cm³/mol. The highest BCUT2D eigenvalue weighted by molar-refractivity contribution is 5.95. The number of carbonyl (C=O) groups is 2. The van der Waals surface area contributed by atoms with Gasteiger partial charge in [0.05, 0.1) is 6.04 Å². The third kappa shape index (κ3) is 6.47. The highest BCUT2D eigenvalue weighted by Gasteiger charge is 2.31. The molecule has 162 valence electrons. The van der Waals surface area contributed by atoms with E-state index in [-0.39, 0.29) is 28.7 Å². The van der Waals surface area contributed by atoms with Crippen molar-refractivity contribution >= 4 is 17.6 Å². The quantitative estimate of drug-likeness (QED) is 0.707. The number of hydrogen-bond donors (Lipinski definition) is 2. The van der Waals surface area contributed by atoms with Crippen molar-refractivity contribution in [1.29, 1.82) is 0 Å². The second-order valence-electron chi connectivity index (χ2n) is 7.29. The third-order valence-electron chi connectivity index (χ3n) is 4.26. The Hall–Kier alpha value is -3.10. The van der Waals surface area contributed by atoms with E-state index in [0.717, 1.165) is 11.6 Å². The number of aromatic nitrogens is 1. The first-order chi connectivity index (χ1) is 13.9. The van der Waals surface area contributed by atoms with Crippen LogP contribution in [0.3, 0.4) is 0 Å². The topological polar surface area (TPSA) is 80.3 Å². The zero-order chi connectivity index (χ0) is 22.6. The first-order valence-corrected chi connectivity index (χ1v) is 9.32. The fourth-order valence-electron chi connectivity index (χ4n) is 2.67. The number of pyridine rings is 1. The van der Waals surface area contributed by atoms with Gasteiger partial charge in [-0.05, 0) is 62.2 Å². The summed E-state index contributed by atoms with van der Waals surface area (Å²) in [6, 6.07) is 6.72. The van der Waals surface area contributed by atoms with Gasteiger partial charge in [-0.15, -0.1) is 13.2 Å². The second-order valence-corrected chi connectivity index (χ2v) is 7.29. The SMILES string of the molecule is Cc1cc(C(C)NC(=O)c2ccc(OC(F)(F)F)c(C)c2)cc(NC(=O)C(C)C)n1. The number of benzene rings is 1. The molecule has 0 aliphatic heterocycles. The van der Waals surface area contributed by atoms with Crippen LogP contribution in [0.2, 0.25) is 0 Å². The minimum Gasteiger partial charge on any atom is -0.406 e. The number of halogens is 3. The van der Waals surface area contributed by atoms with Crippen LogP contribution < -0.4 is 15.4 Å². The van der Waals surface area contributed by atoms with Gasteiger partial charge >= 0.3 is 6.36 Å². The maximum atomic E-state index is 12.6. The summed E-state index contributed by atoms with van der Waals surface area (Å²) < 4.78 is 41.1. The summed E-state index contributed by atoms with van der Waals surface area (Å²) >= 11 is 0. The Morgan fingerprint density at radius 3 is 2.30 bits per heavy atom. The van der Waals surface area contributed by atoms with Gasteiger partial charge in [-0.25, -0.2) is 4.98 Å². The maximum Gasteiger partial charge on any atom is 0.573 e. The minimum atomic E-state index is -4.80. The van der Waals surface area contributed by atoms with Gasteiger partial charge < -0.3 is 15.4 Å². The van der Waals surface area contributed by atoms with E-state index >= 15 is 0 Å². The normalized spacial score (nSPS) is 12.4. The number of anilines is 1. The van der Waals surface area contributed by atoms with Crippen molar-refractivity contribution in [2.45, 2.75) is 47.0 Å². The number of ether oxygens (including phenoxy) is 1. The van der Waals surface area contributed by atoms with E-state index in [1.165, 1.54) is 19.1 Å². The molecule has 0 bridgehead atoms. The summed E-state index contributed by atoms with van der Waals surface area (Å²) in [7, 11) is 0. The number of nitrogens with zero attached hydrogens (tertiary/aromatic N) is 1. The molecule has 0 fully saturated rings. The average Bonchev–Trinajstić information content (AvgIpc) is 2.61. The van der Waals surface area contributed by atoms with Crippen LogP contribution in [-0.2, 0) is 4.79 Å². The van der Waals surface area contributed by atoms with Crippen LogP contribution in [0.15, 0.2) is 30.3 Å². The van der Waals surface area contributed by atoms with E-state index in [1.54, 1.807) is 39.8 Å². The molecular formula is C21H24F3N3O3. The van der Waals surface area contributed by atoms with Gasteiger partial charge in [-0.3, -0.25) is 9.59 Å². The molecule has 0 radical (unpaired) electrons. The van der Waals surface area contributed by atoms with Crippen molar-refractivity contribution in [2.24, 2.45) is 5.92 Å². The van der Waals surface area contributed by atoms with Gasteiger partial charge in [0.15, 0.2) is 0 Å². The first kappa shape index (κ1) is 23.2. The number of aryl methyl sites for hydroxylation is 2. The lowest BCUT2D eigenvalue weighted by Crippen LogP contribution is -2.27. The maximum absolute atomic E-state index is 12.6. The zero-order valence-corrected chi connectivity index (χ0v) is 17.3. The summed E-state index contributed by atoms with van der Waals surface area (Å²) in [6.45, 7) is 8.49. The van der Waals surface area contributed by atoms with Crippen molar-refractivity contribution < 1.29 is 27.5 Å². The molecule has 0 spiro atoms.